The van der Waals surface area contributed by atoms with E-state index in [1.165, 1.54) is 25.9 Å². The highest BCUT2D eigenvalue weighted by atomic mass is 16.1. The third kappa shape index (κ3) is 1.52. The average molecular weight is 181 g/mol. The fourth-order valence-electron chi connectivity index (χ4n) is 2.94. The Hall–Kier alpha value is -0.370. The third-order valence-electron chi connectivity index (χ3n) is 3.71. The van der Waals surface area contributed by atoms with Gasteiger partial charge in [0.25, 0.3) is 0 Å². The van der Waals surface area contributed by atoms with Crippen molar-refractivity contribution in [2.24, 2.45) is 11.8 Å². The zero-order chi connectivity index (χ0) is 9.42. The molecule has 1 aliphatic heterocycles. The van der Waals surface area contributed by atoms with Crippen LogP contribution < -0.4 is 0 Å². The summed E-state index contributed by atoms with van der Waals surface area (Å²) in [5.74, 6) is 1.50. The Morgan fingerprint density at radius 1 is 1.31 bits per heavy atom. The van der Waals surface area contributed by atoms with E-state index in [1.54, 1.807) is 6.92 Å². The van der Waals surface area contributed by atoms with Gasteiger partial charge in [-0.1, -0.05) is 6.92 Å². The number of carbonyl (C=O) groups is 1. The van der Waals surface area contributed by atoms with Crippen LogP contribution in [0.3, 0.4) is 0 Å². The maximum Gasteiger partial charge on any atom is 0.134 e. The van der Waals surface area contributed by atoms with Gasteiger partial charge >= 0.3 is 0 Å². The molecule has 74 valence electrons. The number of hydrogen-bond acceptors (Lipinski definition) is 2. The molecule has 3 unspecified atom stereocenters. The van der Waals surface area contributed by atoms with Gasteiger partial charge in [0.05, 0.1) is 0 Å². The molecule has 2 fully saturated rings. The number of Topliss-reactive ketones (excluding diaryl/α,β-unsaturated/α-hetero) is 1. The van der Waals surface area contributed by atoms with Crippen LogP contribution in [0, 0.1) is 11.8 Å². The number of ketones is 1. The third-order valence-corrected chi connectivity index (χ3v) is 3.71. The minimum Gasteiger partial charge on any atom is -0.300 e. The molecule has 3 atom stereocenters. The second kappa shape index (κ2) is 3.41. The van der Waals surface area contributed by atoms with Gasteiger partial charge < -0.3 is 0 Å². The van der Waals surface area contributed by atoms with E-state index in [4.69, 9.17) is 0 Å². The molecule has 0 aromatic rings. The van der Waals surface area contributed by atoms with Crippen LogP contribution >= 0.6 is 0 Å². The van der Waals surface area contributed by atoms with E-state index < -0.39 is 0 Å². The Bertz CT molecular complexity index is 208. The number of carbonyl (C=O) groups excluding carboxylic acids is 1. The van der Waals surface area contributed by atoms with Crippen molar-refractivity contribution in [3.63, 3.8) is 0 Å². The molecular formula is C11H19NO. The van der Waals surface area contributed by atoms with Crippen molar-refractivity contribution < 1.29 is 4.79 Å². The quantitative estimate of drug-likeness (QED) is 0.646. The minimum atomic E-state index is 0.355. The lowest BCUT2D eigenvalue weighted by molar-refractivity contribution is -0.129. The van der Waals surface area contributed by atoms with Gasteiger partial charge in [-0.25, -0.2) is 0 Å². The van der Waals surface area contributed by atoms with Gasteiger partial charge in [-0.15, -0.1) is 0 Å². The normalized spacial score (nSPS) is 40.3. The molecule has 1 saturated heterocycles. The summed E-state index contributed by atoms with van der Waals surface area (Å²) in [6.45, 7) is 6.47. The van der Waals surface area contributed by atoms with Gasteiger partial charge in [0.1, 0.15) is 5.78 Å². The van der Waals surface area contributed by atoms with Crippen molar-refractivity contribution in [3.05, 3.63) is 0 Å². The lowest BCUT2D eigenvalue weighted by atomic mass is 9.68. The molecule has 2 heteroatoms. The van der Waals surface area contributed by atoms with Gasteiger partial charge in [0, 0.05) is 12.0 Å². The van der Waals surface area contributed by atoms with Crippen LogP contribution in [0.15, 0.2) is 0 Å². The molecule has 1 saturated carbocycles. The summed E-state index contributed by atoms with van der Waals surface area (Å²) in [5, 5.41) is 0. The highest BCUT2D eigenvalue weighted by Gasteiger charge is 2.44. The van der Waals surface area contributed by atoms with Gasteiger partial charge in [-0.05, 0) is 45.2 Å². The SMILES string of the molecule is CC(=O)C1CC(C)C1N1CCCC1. The summed E-state index contributed by atoms with van der Waals surface area (Å²) in [4.78, 5) is 13.8. The van der Waals surface area contributed by atoms with Crippen molar-refractivity contribution in [1.82, 2.24) is 4.90 Å². The second-order valence-corrected chi connectivity index (χ2v) is 4.66. The second-order valence-electron chi connectivity index (χ2n) is 4.66. The lowest BCUT2D eigenvalue weighted by Gasteiger charge is -2.47. The maximum atomic E-state index is 11.3. The van der Waals surface area contributed by atoms with Crippen molar-refractivity contribution in [2.75, 3.05) is 13.1 Å². The van der Waals surface area contributed by atoms with E-state index in [-0.39, 0.29) is 0 Å². The molecule has 1 heterocycles. The maximum absolute atomic E-state index is 11.3. The molecule has 1 aliphatic carbocycles. The summed E-state index contributed by atoms with van der Waals surface area (Å²) in [6.07, 6.45) is 3.78. The van der Waals surface area contributed by atoms with Gasteiger partial charge in [-0.2, -0.15) is 0 Å². The molecular weight excluding hydrogens is 162 g/mol. The Kier molecular flexibility index (Phi) is 2.41. The van der Waals surface area contributed by atoms with Crippen LogP contribution in [0.5, 0.6) is 0 Å². The largest absolute Gasteiger partial charge is 0.300 e. The van der Waals surface area contributed by atoms with Crippen LogP contribution in [0.4, 0.5) is 0 Å². The first kappa shape index (κ1) is 9.20. The molecule has 0 N–H and O–H groups in total. The number of rotatable bonds is 2. The van der Waals surface area contributed by atoms with E-state index in [0.717, 1.165) is 12.3 Å². The van der Waals surface area contributed by atoms with Crippen molar-refractivity contribution >= 4 is 5.78 Å². The zero-order valence-corrected chi connectivity index (χ0v) is 8.62. The highest BCUT2D eigenvalue weighted by Crippen LogP contribution is 2.39. The van der Waals surface area contributed by atoms with Crippen molar-refractivity contribution in [1.29, 1.82) is 0 Å². The molecule has 13 heavy (non-hydrogen) atoms. The zero-order valence-electron chi connectivity index (χ0n) is 8.62. The van der Waals surface area contributed by atoms with Crippen LogP contribution in [-0.4, -0.2) is 29.8 Å². The summed E-state index contributed by atoms with van der Waals surface area (Å²) in [7, 11) is 0. The van der Waals surface area contributed by atoms with E-state index in [9.17, 15) is 4.79 Å². The first-order chi connectivity index (χ1) is 6.20. The molecule has 2 aliphatic rings. The molecule has 0 amide bonds. The molecule has 0 radical (unpaired) electrons. The summed E-state index contributed by atoms with van der Waals surface area (Å²) >= 11 is 0. The van der Waals surface area contributed by atoms with Gasteiger partial charge in [0.2, 0.25) is 0 Å². The molecule has 0 aromatic carbocycles. The summed E-state index contributed by atoms with van der Waals surface area (Å²) < 4.78 is 0. The Morgan fingerprint density at radius 2 is 1.92 bits per heavy atom. The summed E-state index contributed by atoms with van der Waals surface area (Å²) in [6, 6.07) is 0.583. The Labute approximate surface area is 80.3 Å². The minimum absolute atomic E-state index is 0.355. The Morgan fingerprint density at radius 3 is 2.38 bits per heavy atom. The molecule has 2 nitrogen and oxygen atoms in total. The highest BCUT2D eigenvalue weighted by molar-refractivity contribution is 5.80. The van der Waals surface area contributed by atoms with Crippen LogP contribution in [0.2, 0.25) is 0 Å². The predicted molar refractivity (Wildman–Crippen MR) is 52.5 cm³/mol. The van der Waals surface area contributed by atoms with Crippen molar-refractivity contribution in [3.8, 4) is 0 Å². The average Bonchev–Trinajstić information content (AvgIpc) is 2.52. The molecule has 2 rings (SSSR count). The van der Waals surface area contributed by atoms with E-state index in [1.807, 2.05) is 0 Å². The summed E-state index contributed by atoms with van der Waals surface area (Å²) in [5.41, 5.74) is 0. The number of hydrogen-bond donors (Lipinski definition) is 0. The first-order valence-electron chi connectivity index (χ1n) is 5.44. The molecule has 0 bridgehead atoms. The number of nitrogens with zero attached hydrogens (tertiary/aromatic N) is 1. The van der Waals surface area contributed by atoms with Gasteiger partial charge in [-0.3, -0.25) is 9.69 Å². The van der Waals surface area contributed by atoms with Crippen molar-refractivity contribution in [2.45, 2.75) is 39.2 Å². The van der Waals surface area contributed by atoms with E-state index >= 15 is 0 Å². The van der Waals surface area contributed by atoms with Crippen LogP contribution in [-0.2, 0) is 4.79 Å². The van der Waals surface area contributed by atoms with E-state index in [0.29, 0.717) is 17.7 Å². The fourth-order valence-corrected chi connectivity index (χ4v) is 2.94. The first-order valence-corrected chi connectivity index (χ1v) is 5.44. The monoisotopic (exact) mass is 181 g/mol. The topological polar surface area (TPSA) is 20.3 Å². The standard InChI is InChI=1S/C11H19NO/c1-8-7-10(9(2)13)11(8)12-5-3-4-6-12/h8,10-11H,3-7H2,1-2H3. The van der Waals surface area contributed by atoms with Gasteiger partial charge in [0.15, 0.2) is 0 Å². The lowest BCUT2D eigenvalue weighted by Crippen LogP contribution is -2.54. The Balaban J connectivity index is 1.99. The molecule has 0 aromatic heterocycles. The van der Waals surface area contributed by atoms with Crippen LogP contribution in [0.25, 0.3) is 0 Å². The fraction of sp³-hybridized carbons (Fsp3) is 0.909. The predicted octanol–water partition coefficient (Wildman–Crippen LogP) is 1.70. The number of likely N-dealkylation sites (tertiary alicyclic amines) is 1. The van der Waals surface area contributed by atoms with E-state index in [2.05, 4.69) is 11.8 Å². The van der Waals surface area contributed by atoms with Crippen LogP contribution in [0.1, 0.15) is 33.1 Å². The smallest absolute Gasteiger partial charge is 0.134 e. The molecule has 0 spiro atoms.